The maximum absolute atomic E-state index is 13.8. The van der Waals surface area contributed by atoms with Crippen LogP contribution in [0.1, 0.15) is 24.4 Å². The Kier molecular flexibility index (Phi) is 3.86. The molecule has 0 spiro atoms. The van der Waals surface area contributed by atoms with Gasteiger partial charge in [0.15, 0.2) is 5.01 Å². The van der Waals surface area contributed by atoms with Crippen molar-refractivity contribution < 1.29 is 4.39 Å². The van der Waals surface area contributed by atoms with Gasteiger partial charge in [-0.05, 0) is 34.5 Å². The van der Waals surface area contributed by atoms with E-state index >= 15 is 0 Å². The predicted molar refractivity (Wildman–Crippen MR) is 70.2 cm³/mol. The first-order valence-corrected chi connectivity index (χ1v) is 6.77. The smallest absolute Gasteiger partial charge is 0.150 e. The summed E-state index contributed by atoms with van der Waals surface area (Å²) >= 11 is 4.48. The first kappa shape index (κ1) is 12.6. The van der Waals surface area contributed by atoms with Crippen molar-refractivity contribution in [2.75, 3.05) is 0 Å². The van der Waals surface area contributed by atoms with E-state index in [-0.39, 0.29) is 11.9 Å². The number of rotatable bonds is 3. The summed E-state index contributed by atoms with van der Waals surface area (Å²) in [6.07, 6.45) is 0.787. The van der Waals surface area contributed by atoms with Gasteiger partial charge >= 0.3 is 0 Å². The molecular weight excluding hydrogens is 305 g/mol. The van der Waals surface area contributed by atoms with Gasteiger partial charge in [-0.1, -0.05) is 24.3 Å². The Morgan fingerprint density at radius 1 is 1.47 bits per heavy atom. The lowest BCUT2D eigenvalue weighted by molar-refractivity contribution is 0.624. The standard InChI is InChI=1S/C11H11BrFN3S/c1-2-8(14)11-16-15-10(17-11)6-4-3-5-7(12)9(6)13/h3-5,8H,2,14H2,1H3. The molecule has 2 aromatic rings. The van der Waals surface area contributed by atoms with Gasteiger partial charge in [-0.2, -0.15) is 0 Å². The Hall–Kier alpha value is -0.850. The molecule has 0 bridgehead atoms. The van der Waals surface area contributed by atoms with Gasteiger partial charge in [-0.15, -0.1) is 10.2 Å². The first-order chi connectivity index (χ1) is 8.13. The molecule has 0 aliphatic rings. The predicted octanol–water partition coefficient (Wildman–Crippen LogP) is 3.52. The highest BCUT2D eigenvalue weighted by Gasteiger charge is 2.15. The lowest BCUT2D eigenvalue weighted by atomic mass is 10.2. The highest BCUT2D eigenvalue weighted by atomic mass is 79.9. The van der Waals surface area contributed by atoms with E-state index in [0.29, 0.717) is 15.0 Å². The van der Waals surface area contributed by atoms with Crippen molar-refractivity contribution in [3.05, 3.63) is 33.5 Å². The van der Waals surface area contributed by atoms with E-state index < -0.39 is 0 Å². The highest BCUT2D eigenvalue weighted by Crippen LogP contribution is 2.31. The minimum absolute atomic E-state index is 0.128. The Bertz CT molecular complexity index is 529. The van der Waals surface area contributed by atoms with Crippen molar-refractivity contribution in [2.24, 2.45) is 5.73 Å². The SMILES string of the molecule is CCC(N)c1nnc(-c2cccc(Br)c2F)s1. The van der Waals surface area contributed by atoms with Crippen molar-refractivity contribution in [2.45, 2.75) is 19.4 Å². The summed E-state index contributed by atoms with van der Waals surface area (Å²) < 4.78 is 14.3. The highest BCUT2D eigenvalue weighted by molar-refractivity contribution is 9.10. The molecule has 0 aliphatic heterocycles. The van der Waals surface area contributed by atoms with Crippen molar-refractivity contribution in [1.82, 2.24) is 10.2 Å². The first-order valence-electron chi connectivity index (χ1n) is 5.16. The molecule has 1 unspecified atom stereocenters. The van der Waals surface area contributed by atoms with Gasteiger partial charge in [0.05, 0.1) is 10.5 Å². The summed E-state index contributed by atoms with van der Waals surface area (Å²) in [4.78, 5) is 0. The summed E-state index contributed by atoms with van der Waals surface area (Å²) in [5, 5.41) is 9.28. The molecule has 17 heavy (non-hydrogen) atoms. The summed E-state index contributed by atoms with van der Waals surface area (Å²) in [7, 11) is 0. The molecule has 0 radical (unpaired) electrons. The van der Waals surface area contributed by atoms with Crippen LogP contribution in [0.15, 0.2) is 22.7 Å². The lowest BCUT2D eigenvalue weighted by Crippen LogP contribution is -2.07. The average molecular weight is 316 g/mol. The second-order valence-corrected chi connectivity index (χ2v) is 5.43. The quantitative estimate of drug-likeness (QED) is 0.942. The van der Waals surface area contributed by atoms with Crippen LogP contribution in [-0.2, 0) is 0 Å². The number of hydrogen-bond acceptors (Lipinski definition) is 4. The molecule has 1 aromatic carbocycles. The molecular formula is C11H11BrFN3S. The topological polar surface area (TPSA) is 51.8 Å². The van der Waals surface area contributed by atoms with Crippen LogP contribution in [0.4, 0.5) is 4.39 Å². The summed E-state index contributed by atoms with van der Waals surface area (Å²) in [6.45, 7) is 1.98. The molecule has 0 fully saturated rings. The normalized spacial score (nSPS) is 12.7. The zero-order valence-corrected chi connectivity index (χ0v) is 11.6. The number of nitrogens with zero attached hydrogens (tertiary/aromatic N) is 2. The second-order valence-electron chi connectivity index (χ2n) is 3.56. The maximum atomic E-state index is 13.8. The van der Waals surface area contributed by atoms with Gasteiger partial charge in [0.1, 0.15) is 10.8 Å². The van der Waals surface area contributed by atoms with E-state index in [1.807, 2.05) is 6.92 Å². The fraction of sp³-hybridized carbons (Fsp3) is 0.273. The van der Waals surface area contributed by atoms with Gasteiger partial charge in [0, 0.05) is 5.56 Å². The van der Waals surface area contributed by atoms with Crippen LogP contribution in [0.25, 0.3) is 10.6 Å². The molecule has 0 saturated carbocycles. The minimum Gasteiger partial charge on any atom is -0.322 e. The van der Waals surface area contributed by atoms with Crippen molar-refractivity contribution >= 4 is 27.3 Å². The van der Waals surface area contributed by atoms with Gasteiger partial charge in [0.25, 0.3) is 0 Å². The molecule has 6 heteroatoms. The van der Waals surface area contributed by atoms with E-state index in [0.717, 1.165) is 11.4 Å². The molecule has 2 rings (SSSR count). The maximum Gasteiger partial charge on any atom is 0.150 e. The van der Waals surface area contributed by atoms with E-state index in [9.17, 15) is 4.39 Å². The van der Waals surface area contributed by atoms with Crippen molar-refractivity contribution in [3.63, 3.8) is 0 Å². The molecule has 3 nitrogen and oxygen atoms in total. The van der Waals surface area contributed by atoms with Gasteiger partial charge < -0.3 is 5.73 Å². The van der Waals surface area contributed by atoms with Gasteiger partial charge in [0.2, 0.25) is 0 Å². The van der Waals surface area contributed by atoms with Crippen molar-refractivity contribution in [1.29, 1.82) is 0 Å². The number of nitrogens with two attached hydrogens (primary N) is 1. The number of halogens is 2. The van der Waals surface area contributed by atoms with Crippen molar-refractivity contribution in [3.8, 4) is 10.6 Å². The van der Waals surface area contributed by atoms with Crippen LogP contribution >= 0.6 is 27.3 Å². The van der Waals surface area contributed by atoms with Crippen LogP contribution < -0.4 is 5.73 Å². The summed E-state index contributed by atoms with van der Waals surface area (Å²) in [5.74, 6) is -0.319. The third-order valence-corrected chi connectivity index (χ3v) is 4.08. The lowest BCUT2D eigenvalue weighted by Gasteiger charge is -2.01. The zero-order chi connectivity index (χ0) is 12.4. The second kappa shape index (κ2) is 5.20. The molecule has 0 saturated heterocycles. The van der Waals surface area contributed by atoms with E-state index in [2.05, 4.69) is 26.1 Å². The van der Waals surface area contributed by atoms with E-state index in [1.54, 1.807) is 18.2 Å². The molecule has 1 heterocycles. The average Bonchev–Trinajstić information content (AvgIpc) is 2.81. The van der Waals surface area contributed by atoms with E-state index in [4.69, 9.17) is 5.73 Å². The Labute approximate surface area is 111 Å². The monoisotopic (exact) mass is 315 g/mol. The summed E-state index contributed by atoms with van der Waals surface area (Å²) in [5.41, 5.74) is 6.31. The van der Waals surface area contributed by atoms with Crippen LogP contribution in [-0.4, -0.2) is 10.2 Å². The fourth-order valence-corrected chi connectivity index (χ4v) is 2.65. The third-order valence-electron chi connectivity index (χ3n) is 2.38. The number of hydrogen-bond donors (Lipinski definition) is 1. The van der Waals surface area contributed by atoms with Gasteiger partial charge in [-0.3, -0.25) is 0 Å². The fourth-order valence-electron chi connectivity index (χ4n) is 1.34. The Balaban J connectivity index is 2.40. The van der Waals surface area contributed by atoms with Crippen LogP contribution in [0.5, 0.6) is 0 Å². The van der Waals surface area contributed by atoms with Crippen LogP contribution in [0.2, 0.25) is 0 Å². The Morgan fingerprint density at radius 3 is 2.94 bits per heavy atom. The minimum atomic E-state index is -0.319. The van der Waals surface area contributed by atoms with Crippen LogP contribution in [0.3, 0.4) is 0 Å². The molecule has 1 atom stereocenters. The Morgan fingerprint density at radius 2 is 2.24 bits per heavy atom. The molecule has 90 valence electrons. The molecule has 2 N–H and O–H groups in total. The third kappa shape index (κ3) is 2.53. The zero-order valence-electron chi connectivity index (χ0n) is 9.15. The van der Waals surface area contributed by atoms with Crippen LogP contribution in [0, 0.1) is 5.82 Å². The number of aromatic nitrogens is 2. The van der Waals surface area contributed by atoms with E-state index in [1.165, 1.54) is 11.3 Å². The molecule has 0 aliphatic carbocycles. The largest absolute Gasteiger partial charge is 0.322 e. The van der Waals surface area contributed by atoms with Gasteiger partial charge in [-0.25, -0.2) is 4.39 Å². The molecule has 0 amide bonds. The summed E-state index contributed by atoms with van der Waals surface area (Å²) in [6, 6.07) is 4.97. The number of benzene rings is 1. The molecule has 1 aromatic heterocycles.